The molecule has 112 valence electrons. The van der Waals surface area contributed by atoms with Crippen LogP contribution < -0.4 is 0 Å². The average Bonchev–Trinajstić information content (AvgIpc) is 2.88. The molecule has 1 atom stereocenters. The molecule has 0 saturated heterocycles. The van der Waals surface area contributed by atoms with Crippen LogP contribution in [0.15, 0.2) is 35.5 Å². The lowest BCUT2D eigenvalue weighted by Gasteiger charge is -2.15. The predicted molar refractivity (Wildman–Crippen MR) is 82.6 cm³/mol. The molecule has 6 heteroatoms. The van der Waals surface area contributed by atoms with Gasteiger partial charge in [-0.05, 0) is 11.5 Å². The summed E-state index contributed by atoms with van der Waals surface area (Å²) in [5, 5.41) is 17.8. The summed E-state index contributed by atoms with van der Waals surface area (Å²) in [4.78, 5) is 10.7. The van der Waals surface area contributed by atoms with E-state index >= 15 is 0 Å². The normalized spacial score (nSPS) is 12.3. The van der Waals surface area contributed by atoms with Crippen LogP contribution in [0.3, 0.4) is 0 Å². The highest BCUT2D eigenvalue weighted by Gasteiger charge is 2.16. The Bertz CT molecular complexity index is 598. The van der Waals surface area contributed by atoms with Crippen LogP contribution in [0.1, 0.15) is 31.2 Å². The summed E-state index contributed by atoms with van der Waals surface area (Å²) in [5.41, 5.74) is 1.25. The zero-order valence-electron chi connectivity index (χ0n) is 12.2. The molecule has 1 N–H and O–H groups in total. The fourth-order valence-electron chi connectivity index (χ4n) is 2.16. The molecule has 0 saturated carbocycles. The van der Waals surface area contributed by atoms with Crippen molar-refractivity contribution >= 4 is 17.7 Å². The third kappa shape index (κ3) is 4.07. The van der Waals surface area contributed by atoms with E-state index < -0.39 is 5.97 Å². The van der Waals surface area contributed by atoms with E-state index in [1.54, 1.807) is 0 Å². The Morgan fingerprint density at radius 2 is 2.05 bits per heavy atom. The standard InChI is InChI=1S/C15H19N3O2S/c1-3-13-16-17-15(21-10-14(19)20)18(13)9-11(2)12-7-5-4-6-8-12/h4-8,11H,3,9-10H2,1-2H3,(H,19,20). The van der Waals surface area contributed by atoms with Crippen molar-refractivity contribution in [2.75, 3.05) is 5.75 Å². The van der Waals surface area contributed by atoms with Crippen LogP contribution in [-0.2, 0) is 17.8 Å². The molecule has 0 aliphatic carbocycles. The Labute approximate surface area is 128 Å². The summed E-state index contributed by atoms with van der Waals surface area (Å²) in [6.07, 6.45) is 0.780. The van der Waals surface area contributed by atoms with Gasteiger partial charge in [0.15, 0.2) is 5.16 Å². The first-order chi connectivity index (χ1) is 10.1. The van der Waals surface area contributed by atoms with Crippen LogP contribution in [0, 0.1) is 0 Å². The van der Waals surface area contributed by atoms with Crippen LogP contribution in [0.2, 0.25) is 0 Å². The maximum Gasteiger partial charge on any atom is 0.313 e. The van der Waals surface area contributed by atoms with Gasteiger partial charge in [-0.2, -0.15) is 0 Å². The number of aryl methyl sites for hydroxylation is 1. The van der Waals surface area contributed by atoms with Crippen LogP contribution in [0.25, 0.3) is 0 Å². The van der Waals surface area contributed by atoms with E-state index in [1.807, 2.05) is 29.7 Å². The van der Waals surface area contributed by atoms with Crippen LogP contribution >= 0.6 is 11.8 Å². The molecule has 1 aromatic carbocycles. The molecule has 21 heavy (non-hydrogen) atoms. The zero-order valence-corrected chi connectivity index (χ0v) is 13.0. The molecule has 0 radical (unpaired) electrons. The molecule has 0 spiro atoms. The van der Waals surface area contributed by atoms with E-state index in [9.17, 15) is 4.79 Å². The highest BCUT2D eigenvalue weighted by Crippen LogP contribution is 2.23. The van der Waals surface area contributed by atoms with Crippen molar-refractivity contribution in [3.05, 3.63) is 41.7 Å². The van der Waals surface area contributed by atoms with Gasteiger partial charge in [-0.25, -0.2) is 0 Å². The zero-order chi connectivity index (χ0) is 15.2. The number of benzene rings is 1. The topological polar surface area (TPSA) is 68.0 Å². The van der Waals surface area contributed by atoms with Crippen molar-refractivity contribution in [2.24, 2.45) is 0 Å². The smallest absolute Gasteiger partial charge is 0.313 e. The summed E-state index contributed by atoms with van der Waals surface area (Å²) in [6, 6.07) is 10.3. The summed E-state index contributed by atoms with van der Waals surface area (Å²) >= 11 is 1.22. The monoisotopic (exact) mass is 305 g/mol. The number of rotatable bonds is 7. The molecule has 1 heterocycles. The molecule has 5 nitrogen and oxygen atoms in total. The minimum Gasteiger partial charge on any atom is -0.481 e. The third-order valence-corrected chi connectivity index (χ3v) is 4.21. The van der Waals surface area contributed by atoms with E-state index in [4.69, 9.17) is 5.11 Å². The number of aromatic nitrogens is 3. The van der Waals surface area contributed by atoms with E-state index in [2.05, 4.69) is 29.3 Å². The number of thioether (sulfide) groups is 1. The van der Waals surface area contributed by atoms with Crippen molar-refractivity contribution in [3.63, 3.8) is 0 Å². The average molecular weight is 305 g/mol. The Balaban J connectivity index is 2.17. The third-order valence-electron chi connectivity index (χ3n) is 3.26. The van der Waals surface area contributed by atoms with Gasteiger partial charge in [-0.15, -0.1) is 10.2 Å². The number of hydrogen-bond donors (Lipinski definition) is 1. The van der Waals surface area contributed by atoms with Crippen molar-refractivity contribution in [3.8, 4) is 0 Å². The van der Waals surface area contributed by atoms with E-state index in [0.717, 1.165) is 18.8 Å². The number of carboxylic acids is 1. The van der Waals surface area contributed by atoms with Crippen molar-refractivity contribution in [2.45, 2.75) is 37.9 Å². The molecule has 0 bridgehead atoms. The number of carbonyl (C=O) groups is 1. The maximum atomic E-state index is 10.7. The fraction of sp³-hybridized carbons (Fsp3) is 0.400. The van der Waals surface area contributed by atoms with Gasteiger partial charge in [0.25, 0.3) is 0 Å². The number of hydrogen-bond acceptors (Lipinski definition) is 4. The van der Waals surface area contributed by atoms with Crippen LogP contribution in [0.4, 0.5) is 0 Å². The lowest BCUT2D eigenvalue weighted by molar-refractivity contribution is -0.133. The van der Waals surface area contributed by atoms with E-state index in [1.165, 1.54) is 17.3 Å². The number of aliphatic carboxylic acids is 1. The second-order valence-electron chi connectivity index (χ2n) is 4.86. The minimum absolute atomic E-state index is 0.00155. The van der Waals surface area contributed by atoms with Gasteiger partial charge in [0.2, 0.25) is 0 Å². The molecular formula is C15H19N3O2S. The van der Waals surface area contributed by atoms with Gasteiger partial charge < -0.3 is 9.67 Å². The number of carboxylic acid groups (broad SMARTS) is 1. The molecule has 0 amide bonds. The summed E-state index contributed by atoms with van der Waals surface area (Å²) < 4.78 is 2.03. The quantitative estimate of drug-likeness (QED) is 0.797. The number of nitrogens with zero attached hydrogens (tertiary/aromatic N) is 3. The minimum atomic E-state index is -0.844. The van der Waals surface area contributed by atoms with Gasteiger partial charge in [0.1, 0.15) is 5.82 Å². The molecule has 2 aromatic rings. The van der Waals surface area contributed by atoms with Gasteiger partial charge >= 0.3 is 5.97 Å². The molecule has 0 fully saturated rings. The highest BCUT2D eigenvalue weighted by atomic mass is 32.2. The Morgan fingerprint density at radius 3 is 2.67 bits per heavy atom. The first-order valence-electron chi connectivity index (χ1n) is 6.93. The van der Waals surface area contributed by atoms with Gasteiger partial charge in [-0.3, -0.25) is 4.79 Å². The first-order valence-corrected chi connectivity index (χ1v) is 7.92. The van der Waals surface area contributed by atoms with Gasteiger partial charge in [0.05, 0.1) is 5.75 Å². The Kier molecular flexibility index (Phi) is 5.38. The summed E-state index contributed by atoms with van der Waals surface area (Å²) in [7, 11) is 0. The molecular weight excluding hydrogens is 286 g/mol. The van der Waals surface area contributed by atoms with Crippen molar-refractivity contribution in [1.29, 1.82) is 0 Å². The Hall–Kier alpha value is -1.82. The maximum absolute atomic E-state index is 10.7. The highest BCUT2D eigenvalue weighted by molar-refractivity contribution is 7.99. The van der Waals surface area contributed by atoms with Crippen molar-refractivity contribution in [1.82, 2.24) is 14.8 Å². The Morgan fingerprint density at radius 1 is 1.33 bits per heavy atom. The first kappa shape index (κ1) is 15.6. The fourth-order valence-corrected chi connectivity index (χ4v) is 2.84. The van der Waals surface area contributed by atoms with Gasteiger partial charge in [-0.1, -0.05) is 55.9 Å². The van der Waals surface area contributed by atoms with E-state index in [0.29, 0.717) is 11.1 Å². The van der Waals surface area contributed by atoms with Crippen LogP contribution in [0.5, 0.6) is 0 Å². The largest absolute Gasteiger partial charge is 0.481 e. The molecule has 0 aliphatic heterocycles. The second kappa shape index (κ2) is 7.26. The molecule has 1 unspecified atom stereocenters. The van der Waals surface area contributed by atoms with E-state index in [-0.39, 0.29) is 5.75 Å². The predicted octanol–water partition coefficient (Wildman–Crippen LogP) is 2.82. The SMILES string of the molecule is CCc1nnc(SCC(=O)O)n1CC(C)c1ccccc1. The summed E-state index contributed by atoms with van der Waals surface area (Å²) in [5.74, 6) is 0.368. The molecule has 0 aliphatic rings. The second-order valence-corrected chi connectivity index (χ2v) is 5.80. The van der Waals surface area contributed by atoms with Crippen molar-refractivity contribution < 1.29 is 9.90 Å². The van der Waals surface area contributed by atoms with Gasteiger partial charge in [0, 0.05) is 13.0 Å². The summed E-state index contributed by atoms with van der Waals surface area (Å²) in [6.45, 7) is 4.93. The lowest BCUT2D eigenvalue weighted by Crippen LogP contribution is -2.11. The van der Waals surface area contributed by atoms with Crippen LogP contribution in [-0.4, -0.2) is 31.6 Å². The lowest BCUT2D eigenvalue weighted by atomic mass is 10.0. The molecule has 1 aromatic heterocycles. The molecule has 2 rings (SSSR count).